The van der Waals surface area contributed by atoms with Crippen LogP contribution in [0, 0.1) is 18.3 Å². The summed E-state index contributed by atoms with van der Waals surface area (Å²) in [5.41, 5.74) is 2.81. The third-order valence-corrected chi connectivity index (χ3v) is 5.98. The number of nitrogens with one attached hydrogen (secondary N) is 1. The Morgan fingerprint density at radius 3 is 2.66 bits per heavy atom. The molecule has 3 heterocycles. The van der Waals surface area contributed by atoms with Gasteiger partial charge in [0.2, 0.25) is 5.71 Å². The normalized spacial score (nSPS) is 17.6. The number of rotatable bonds is 4. The van der Waals surface area contributed by atoms with Gasteiger partial charge in [-0.3, -0.25) is 4.79 Å². The van der Waals surface area contributed by atoms with Crippen molar-refractivity contribution >= 4 is 22.8 Å². The molecule has 3 aromatic rings. The molecule has 5 rings (SSSR count). The minimum absolute atomic E-state index is 0.0320. The van der Waals surface area contributed by atoms with E-state index in [-0.39, 0.29) is 17.4 Å². The van der Waals surface area contributed by atoms with Crippen LogP contribution in [0.1, 0.15) is 52.9 Å². The maximum atomic E-state index is 13.3. The molecule has 1 aromatic carbocycles. The van der Waals surface area contributed by atoms with Crippen LogP contribution in [0.2, 0.25) is 0 Å². The highest BCUT2D eigenvalue weighted by Gasteiger charge is 2.40. The monoisotopic (exact) mass is 387 g/mol. The number of carbonyl (C=O) groups is 1. The number of anilines is 1. The molecule has 1 N–H and O–H groups in total. The molecule has 0 atom stereocenters. The Morgan fingerprint density at radius 2 is 2.00 bits per heavy atom. The van der Waals surface area contributed by atoms with E-state index in [1.54, 1.807) is 6.92 Å². The van der Waals surface area contributed by atoms with Crippen molar-refractivity contribution in [1.82, 2.24) is 14.9 Å². The second-order valence-corrected chi connectivity index (χ2v) is 8.26. The highest BCUT2D eigenvalue weighted by molar-refractivity contribution is 6.10. The highest BCUT2D eigenvalue weighted by atomic mass is 16.3. The number of fused-ring (bicyclic) bond motifs is 1. The molecule has 0 radical (unpaired) electrons. The molecule has 2 fully saturated rings. The number of nitrogens with zero attached hydrogens (tertiary/aromatic N) is 4. The second-order valence-electron chi connectivity index (χ2n) is 8.26. The predicted octanol–water partition coefficient (Wildman–Crippen LogP) is 3.61. The van der Waals surface area contributed by atoms with E-state index >= 15 is 0 Å². The Labute approximate surface area is 168 Å². The Kier molecular flexibility index (Phi) is 3.85. The molecule has 7 nitrogen and oxygen atoms in total. The number of benzene rings is 1. The molecule has 146 valence electrons. The summed E-state index contributed by atoms with van der Waals surface area (Å²) in [6, 6.07) is 9.71. The Balaban J connectivity index is 1.40. The summed E-state index contributed by atoms with van der Waals surface area (Å²) in [5.74, 6) is 1.46. The van der Waals surface area contributed by atoms with E-state index in [0.29, 0.717) is 46.9 Å². The van der Waals surface area contributed by atoms with Crippen LogP contribution in [0.5, 0.6) is 0 Å². The molecular formula is C22H21N5O2. The molecule has 0 bridgehead atoms. The summed E-state index contributed by atoms with van der Waals surface area (Å²) in [6.45, 7) is 5.23. The van der Waals surface area contributed by atoms with Crippen LogP contribution in [0.4, 0.5) is 5.82 Å². The number of aromatic nitrogens is 2. The summed E-state index contributed by atoms with van der Waals surface area (Å²) in [7, 11) is 0. The van der Waals surface area contributed by atoms with Gasteiger partial charge in [-0.2, -0.15) is 5.26 Å². The summed E-state index contributed by atoms with van der Waals surface area (Å²) in [4.78, 5) is 23.7. The van der Waals surface area contributed by atoms with E-state index in [2.05, 4.69) is 28.3 Å². The SMILES string of the molecule is Cc1oc2ncnc(NC3(C)CC3)c2c1C(=O)N1CC(c2ccc(C#N)cc2)C1. The summed E-state index contributed by atoms with van der Waals surface area (Å²) >= 11 is 0. The van der Waals surface area contributed by atoms with Crippen LogP contribution in [0.15, 0.2) is 35.0 Å². The van der Waals surface area contributed by atoms with Crippen molar-refractivity contribution < 1.29 is 9.21 Å². The van der Waals surface area contributed by atoms with E-state index in [1.807, 2.05) is 29.2 Å². The molecule has 1 aliphatic carbocycles. The summed E-state index contributed by atoms with van der Waals surface area (Å²) in [6.07, 6.45) is 3.63. The lowest BCUT2D eigenvalue weighted by molar-refractivity contribution is 0.0602. The molecule has 29 heavy (non-hydrogen) atoms. The number of nitriles is 1. The molecule has 0 unspecified atom stereocenters. The summed E-state index contributed by atoms with van der Waals surface area (Å²) < 4.78 is 5.78. The smallest absolute Gasteiger partial charge is 0.258 e. The van der Waals surface area contributed by atoms with E-state index in [4.69, 9.17) is 9.68 Å². The molecule has 2 aromatic heterocycles. The summed E-state index contributed by atoms with van der Waals surface area (Å²) in [5, 5.41) is 13.1. The van der Waals surface area contributed by atoms with Crippen molar-refractivity contribution in [2.24, 2.45) is 0 Å². The first-order valence-corrected chi connectivity index (χ1v) is 9.79. The van der Waals surface area contributed by atoms with Crippen molar-refractivity contribution in [2.75, 3.05) is 18.4 Å². The third-order valence-electron chi connectivity index (χ3n) is 5.98. The van der Waals surface area contributed by atoms with Gasteiger partial charge in [-0.15, -0.1) is 0 Å². The number of hydrogen-bond acceptors (Lipinski definition) is 6. The fraction of sp³-hybridized carbons (Fsp3) is 0.364. The number of amides is 1. The lowest BCUT2D eigenvalue weighted by Crippen LogP contribution is -2.48. The minimum atomic E-state index is -0.0510. The fourth-order valence-corrected chi connectivity index (χ4v) is 3.84. The van der Waals surface area contributed by atoms with E-state index in [9.17, 15) is 4.79 Å². The van der Waals surface area contributed by atoms with Crippen LogP contribution >= 0.6 is 0 Å². The van der Waals surface area contributed by atoms with Gasteiger partial charge in [0.25, 0.3) is 5.91 Å². The lowest BCUT2D eigenvalue weighted by atomic mass is 9.90. The topological polar surface area (TPSA) is 95.1 Å². The van der Waals surface area contributed by atoms with Gasteiger partial charge in [0.15, 0.2) is 0 Å². The average molecular weight is 387 g/mol. The van der Waals surface area contributed by atoms with E-state index < -0.39 is 0 Å². The van der Waals surface area contributed by atoms with E-state index in [0.717, 1.165) is 18.4 Å². The van der Waals surface area contributed by atoms with Crippen molar-refractivity contribution in [3.63, 3.8) is 0 Å². The van der Waals surface area contributed by atoms with Crippen molar-refractivity contribution in [3.05, 3.63) is 53.0 Å². The molecule has 1 saturated carbocycles. The number of furan rings is 1. The number of carbonyl (C=O) groups excluding carboxylic acids is 1. The molecule has 0 spiro atoms. The molecule has 1 amide bonds. The van der Waals surface area contributed by atoms with Crippen LogP contribution in [0.25, 0.3) is 11.1 Å². The third kappa shape index (κ3) is 3.01. The maximum absolute atomic E-state index is 13.3. The first kappa shape index (κ1) is 17.7. The number of likely N-dealkylation sites (tertiary alicyclic amines) is 1. The van der Waals surface area contributed by atoms with Crippen LogP contribution in [-0.2, 0) is 0 Å². The Bertz CT molecular complexity index is 1150. The van der Waals surface area contributed by atoms with Crippen LogP contribution in [0.3, 0.4) is 0 Å². The number of aryl methyl sites for hydroxylation is 1. The zero-order chi connectivity index (χ0) is 20.2. The Hall–Kier alpha value is -3.40. The lowest BCUT2D eigenvalue weighted by Gasteiger charge is -2.39. The van der Waals surface area contributed by atoms with Gasteiger partial charge in [-0.25, -0.2) is 9.97 Å². The first-order chi connectivity index (χ1) is 14.0. The maximum Gasteiger partial charge on any atom is 0.258 e. The molecule has 1 aliphatic heterocycles. The quantitative estimate of drug-likeness (QED) is 0.735. The van der Waals surface area contributed by atoms with Crippen molar-refractivity contribution in [1.29, 1.82) is 5.26 Å². The highest BCUT2D eigenvalue weighted by Crippen LogP contribution is 2.41. The first-order valence-electron chi connectivity index (χ1n) is 9.79. The van der Waals surface area contributed by atoms with Gasteiger partial charge in [0.1, 0.15) is 17.9 Å². The Morgan fingerprint density at radius 1 is 1.28 bits per heavy atom. The zero-order valence-corrected chi connectivity index (χ0v) is 16.4. The van der Waals surface area contributed by atoms with Gasteiger partial charge in [-0.1, -0.05) is 12.1 Å². The average Bonchev–Trinajstić information content (AvgIpc) is 3.29. The van der Waals surface area contributed by atoms with E-state index in [1.165, 1.54) is 6.33 Å². The second kappa shape index (κ2) is 6.31. The van der Waals surface area contributed by atoms with Gasteiger partial charge in [0.05, 0.1) is 22.6 Å². The fourth-order valence-electron chi connectivity index (χ4n) is 3.84. The largest absolute Gasteiger partial charge is 0.442 e. The van der Waals surface area contributed by atoms with Crippen LogP contribution < -0.4 is 5.32 Å². The predicted molar refractivity (Wildman–Crippen MR) is 108 cm³/mol. The van der Waals surface area contributed by atoms with Gasteiger partial charge >= 0.3 is 0 Å². The van der Waals surface area contributed by atoms with Crippen molar-refractivity contribution in [3.8, 4) is 6.07 Å². The van der Waals surface area contributed by atoms with Gasteiger partial charge < -0.3 is 14.6 Å². The van der Waals surface area contributed by atoms with Crippen molar-refractivity contribution in [2.45, 2.75) is 38.1 Å². The van der Waals surface area contributed by atoms with Gasteiger partial charge in [-0.05, 0) is 44.4 Å². The minimum Gasteiger partial charge on any atom is -0.442 e. The van der Waals surface area contributed by atoms with Gasteiger partial charge in [0, 0.05) is 24.5 Å². The number of hydrogen-bond donors (Lipinski definition) is 1. The standard InChI is InChI=1S/C22H21N5O2/c1-13-17(18-19(26-22(2)7-8-22)24-12-25-20(18)29-13)21(28)27-10-16(11-27)15-5-3-14(9-23)4-6-15/h3-6,12,16H,7-8,10-11H2,1-2H3,(H,24,25,26). The molecular weight excluding hydrogens is 366 g/mol. The van der Waals surface area contributed by atoms with Crippen LogP contribution in [-0.4, -0.2) is 39.4 Å². The molecule has 7 heteroatoms. The molecule has 2 aliphatic rings. The molecule has 1 saturated heterocycles. The zero-order valence-electron chi connectivity index (χ0n) is 16.4.